The number of amides is 4. The third kappa shape index (κ3) is 7.09. The molecular formula is C36H29N5O5S2. The van der Waals surface area contributed by atoms with Crippen LogP contribution in [0.25, 0.3) is 21.8 Å². The summed E-state index contributed by atoms with van der Waals surface area (Å²) in [6, 6.07) is 34.1. The molecule has 1 unspecified atom stereocenters. The first kappa shape index (κ1) is 31.2. The molecule has 10 nitrogen and oxygen atoms in total. The second-order valence-corrected chi connectivity index (χ2v) is 13.0. The van der Waals surface area contributed by atoms with Gasteiger partial charge in [0.2, 0.25) is 5.91 Å². The third-order valence-corrected chi connectivity index (χ3v) is 9.62. The second-order valence-electron chi connectivity index (χ2n) is 11.0. The van der Waals surface area contributed by atoms with E-state index in [9.17, 15) is 14.4 Å². The van der Waals surface area contributed by atoms with Crippen LogP contribution >= 0.6 is 23.7 Å². The Hall–Kier alpha value is -5.46. The van der Waals surface area contributed by atoms with E-state index in [0.717, 1.165) is 49.9 Å². The fourth-order valence-corrected chi connectivity index (χ4v) is 6.86. The van der Waals surface area contributed by atoms with Gasteiger partial charge in [-0.1, -0.05) is 60.3 Å². The molecular weight excluding hydrogens is 647 g/mol. The number of rotatable bonds is 10. The van der Waals surface area contributed by atoms with E-state index in [1.807, 2.05) is 96.5 Å². The van der Waals surface area contributed by atoms with Gasteiger partial charge in [-0.2, -0.15) is 0 Å². The second kappa shape index (κ2) is 13.7. The number of imide groups is 1. The SMILES string of the molecule is Cn1c(COc2ccc(CC3SC(=O)NC3=O)cc2)nc2ccc(Oc3ccc(NC(=O)NSc4cccc5ccccc45)cc3)cc21. The van der Waals surface area contributed by atoms with E-state index in [4.69, 9.17) is 14.5 Å². The maximum Gasteiger partial charge on any atom is 0.329 e. The molecule has 7 rings (SSSR count). The van der Waals surface area contributed by atoms with Gasteiger partial charge in [0.1, 0.15) is 29.7 Å². The Morgan fingerprint density at radius 2 is 1.67 bits per heavy atom. The van der Waals surface area contributed by atoms with Crippen LogP contribution in [-0.2, 0) is 24.9 Å². The Kier molecular flexibility index (Phi) is 8.91. The Morgan fingerprint density at radius 1 is 0.917 bits per heavy atom. The van der Waals surface area contributed by atoms with Crippen LogP contribution in [0.2, 0.25) is 0 Å². The molecule has 1 atom stereocenters. The van der Waals surface area contributed by atoms with E-state index in [2.05, 4.69) is 15.4 Å². The molecule has 0 saturated carbocycles. The summed E-state index contributed by atoms with van der Waals surface area (Å²) in [5.74, 6) is 2.44. The quantitative estimate of drug-likeness (QED) is 0.126. The zero-order chi connectivity index (χ0) is 33.0. The number of thioether (sulfide) groups is 1. The lowest BCUT2D eigenvalue weighted by molar-refractivity contribution is -0.118. The highest BCUT2D eigenvalue weighted by molar-refractivity contribution is 8.15. The highest BCUT2D eigenvalue weighted by Gasteiger charge is 2.31. The molecule has 5 aromatic carbocycles. The number of anilines is 1. The third-order valence-electron chi connectivity index (χ3n) is 7.78. The van der Waals surface area contributed by atoms with Gasteiger partial charge in [0.05, 0.1) is 16.3 Å². The standard InChI is InChI=1S/C36H29N5O5S2/c1-41-30-20-27(17-18-29(30)38-33(41)21-45-25-13-9-22(10-14-25)19-32-34(42)39-36(44)47-32)46-26-15-11-24(12-16-26)37-35(43)40-48-31-8-4-6-23-5-2-3-7-28(23)31/h2-18,20,32H,19,21H2,1H3,(H2,37,40,43)(H,39,42,44). The number of urea groups is 1. The minimum Gasteiger partial charge on any atom is -0.486 e. The van der Waals surface area contributed by atoms with Gasteiger partial charge in [0.15, 0.2) is 0 Å². The zero-order valence-corrected chi connectivity index (χ0v) is 27.3. The molecule has 0 radical (unpaired) electrons. The molecule has 240 valence electrons. The number of carbonyl (C=O) groups is 3. The summed E-state index contributed by atoms with van der Waals surface area (Å²) in [5, 5.41) is 6.66. The number of nitrogens with one attached hydrogen (secondary N) is 3. The van der Waals surface area contributed by atoms with Crippen molar-refractivity contribution in [1.82, 2.24) is 19.6 Å². The molecule has 6 aromatic rings. The zero-order valence-electron chi connectivity index (χ0n) is 25.6. The van der Waals surface area contributed by atoms with Gasteiger partial charge in [-0.05, 0) is 89.3 Å². The summed E-state index contributed by atoms with van der Waals surface area (Å²) in [4.78, 5) is 41.5. The fraction of sp³-hybridized carbons (Fsp3) is 0.111. The number of fused-ring (bicyclic) bond motifs is 2. The van der Waals surface area contributed by atoms with Gasteiger partial charge in [-0.25, -0.2) is 9.78 Å². The highest BCUT2D eigenvalue weighted by atomic mass is 32.2. The van der Waals surface area contributed by atoms with Gasteiger partial charge >= 0.3 is 6.03 Å². The van der Waals surface area contributed by atoms with Crippen LogP contribution in [0.4, 0.5) is 15.3 Å². The smallest absolute Gasteiger partial charge is 0.329 e. The lowest BCUT2D eigenvalue weighted by Gasteiger charge is -2.10. The number of hydrogen-bond donors (Lipinski definition) is 3. The minimum absolute atomic E-state index is 0.249. The minimum atomic E-state index is -0.403. The molecule has 3 N–H and O–H groups in total. The Labute approximate surface area is 284 Å². The average molecular weight is 676 g/mol. The predicted octanol–water partition coefficient (Wildman–Crippen LogP) is 7.82. The molecule has 0 aliphatic carbocycles. The van der Waals surface area contributed by atoms with Crippen LogP contribution in [0.3, 0.4) is 0 Å². The molecule has 1 saturated heterocycles. The maximum absolute atomic E-state index is 12.6. The normalized spacial score (nSPS) is 14.2. The maximum atomic E-state index is 12.6. The van der Waals surface area contributed by atoms with Crippen molar-refractivity contribution in [2.45, 2.75) is 23.2 Å². The molecule has 12 heteroatoms. The van der Waals surface area contributed by atoms with Gasteiger partial charge in [-0.3, -0.25) is 19.6 Å². The summed E-state index contributed by atoms with van der Waals surface area (Å²) in [5.41, 5.74) is 3.29. The van der Waals surface area contributed by atoms with Crippen molar-refractivity contribution in [3.63, 3.8) is 0 Å². The number of aryl methyl sites for hydroxylation is 1. The summed E-state index contributed by atoms with van der Waals surface area (Å²) < 4.78 is 16.9. The predicted molar refractivity (Wildman–Crippen MR) is 189 cm³/mol. The van der Waals surface area contributed by atoms with Crippen molar-refractivity contribution in [3.8, 4) is 17.2 Å². The summed E-state index contributed by atoms with van der Waals surface area (Å²) in [6.07, 6.45) is 0.474. The van der Waals surface area contributed by atoms with Crippen molar-refractivity contribution >= 4 is 68.4 Å². The first-order chi connectivity index (χ1) is 23.4. The first-order valence-corrected chi connectivity index (χ1v) is 16.8. The topological polar surface area (TPSA) is 124 Å². The van der Waals surface area contributed by atoms with Crippen LogP contribution in [0, 0.1) is 0 Å². The van der Waals surface area contributed by atoms with E-state index in [-0.39, 0.29) is 23.8 Å². The fourth-order valence-electron chi connectivity index (χ4n) is 5.31. The Bertz CT molecular complexity index is 2150. The molecule has 1 aliphatic heterocycles. The molecule has 2 heterocycles. The first-order valence-electron chi connectivity index (χ1n) is 15.1. The van der Waals surface area contributed by atoms with E-state index >= 15 is 0 Å². The summed E-state index contributed by atoms with van der Waals surface area (Å²) >= 11 is 2.29. The van der Waals surface area contributed by atoms with E-state index in [1.165, 1.54) is 11.9 Å². The summed E-state index contributed by atoms with van der Waals surface area (Å²) in [6.45, 7) is 0.262. The van der Waals surface area contributed by atoms with E-state index in [0.29, 0.717) is 29.4 Å². The van der Waals surface area contributed by atoms with E-state index in [1.54, 1.807) is 24.3 Å². The van der Waals surface area contributed by atoms with Crippen molar-refractivity contribution in [1.29, 1.82) is 0 Å². The molecule has 4 amide bonds. The van der Waals surface area contributed by atoms with Gasteiger partial charge in [0.25, 0.3) is 5.24 Å². The van der Waals surface area contributed by atoms with Crippen molar-refractivity contribution < 1.29 is 23.9 Å². The Balaban J connectivity index is 0.925. The molecule has 1 aliphatic rings. The molecule has 1 aromatic heterocycles. The number of carbonyl (C=O) groups excluding carboxylic acids is 3. The van der Waals surface area contributed by atoms with Crippen LogP contribution in [0.15, 0.2) is 114 Å². The molecule has 0 spiro atoms. The lowest BCUT2D eigenvalue weighted by Crippen LogP contribution is -2.25. The number of hydrogen-bond acceptors (Lipinski definition) is 8. The van der Waals surface area contributed by atoms with Crippen LogP contribution in [0.1, 0.15) is 11.4 Å². The number of aromatic nitrogens is 2. The van der Waals surface area contributed by atoms with Gasteiger partial charge in [-0.15, -0.1) is 0 Å². The number of nitrogens with zero attached hydrogens (tertiary/aromatic N) is 2. The monoisotopic (exact) mass is 675 g/mol. The number of ether oxygens (including phenoxy) is 2. The van der Waals surface area contributed by atoms with Crippen LogP contribution in [-0.4, -0.2) is 32.0 Å². The Morgan fingerprint density at radius 3 is 2.46 bits per heavy atom. The summed E-state index contributed by atoms with van der Waals surface area (Å²) in [7, 11) is 1.93. The number of imidazole rings is 1. The average Bonchev–Trinajstić information content (AvgIpc) is 3.59. The molecule has 1 fully saturated rings. The van der Waals surface area contributed by atoms with Crippen molar-refractivity contribution in [3.05, 3.63) is 121 Å². The van der Waals surface area contributed by atoms with E-state index < -0.39 is 5.25 Å². The van der Waals surface area contributed by atoms with Crippen LogP contribution < -0.4 is 24.8 Å². The molecule has 48 heavy (non-hydrogen) atoms. The highest BCUT2D eigenvalue weighted by Crippen LogP contribution is 2.29. The largest absolute Gasteiger partial charge is 0.486 e. The molecule has 0 bridgehead atoms. The van der Waals surface area contributed by atoms with Crippen LogP contribution in [0.5, 0.6) is 17.2 Å². The van der Waals surface area contributed by atoms with Crippen molar-refractivity contribution in [2.24, 2.45) is 7.05 Å². The van der Waals surface area contributed by atoms with Gasteiger partial charge < -0.3 is 19.4 Å². The number of benzene rings is 5. The lowest BCUT2D eigenvalue weighted by atomic mass is 10.1. The van der Waals surface area contributed by atoms with Crippen molar-refractivity contribution in [2.75, 3.05) is 5.32 Å². The van der Waals surface area contributed by atoms with Gasteiger partial charge in [0, 0.05) is 23.7 Å².